The highest BCUT2D eigenvalue weighted by Gasteiger charge is 2.33. The lowest BCUT2D eigenvalue weighted by Crippen LogP contribution is -2.47. The lowest BCUT2D eigenvalue weighted by atomic mass is 9.99. The van der Waals surface area contributed by atoms with Gasteiger partial charge >= 0.3 is 0 Å². The van der Waals surface area contributed by atoms with Crippen molar-refractivity contribution in [3.63, 3.8) is 0 Å². The molecule has 0 aliphatic carbocycles. The van der Waals surface area contributed by atoms with Gasteiger partial charge in [0.15, 0.2) is 6.10 Å². The molecule has 4 rings (SSSR count). The van der Waals surface area contributed by atoms with Crippen molar-refractivity contribution >= 4 is 5.91 Å². The minimum absolute atomic E-state index is 0.0822. The molecule has 7 heteroatoms. The second kappa shape index (κ2) is 6.96. The molecular weight excluding hydrogens is 344 g/mol. The molecule has 1 amide bonds. The number of carbonyl (C=O) groups excluding carboxylic acids is 1. The van der Waals surface area contributed by atoms with E-state index in [4.69, 9.17) is 4.74 Å². The number of carbonyl (C=O) groups is 1. The van der Waals surface area contributed by atoms with Gasteiger partial charge < -0.3 is 14.7 Å². The van der Waals surface area contributed by atoms with Gasteiger partial charge in [-0.2, -0.15) is 0 Å². The maximum absolute atomic E-state index is 12.9. The molecule has 1 aromatic heterocycles. The molecule has 2 aliphatic heterocycles. The van der Waals surface area contributed by atoms with Gasteiger partial charge in [-0.3, -0.25) is 4.79 Å². The minimum Gasteiger partial charge on any atom is -0.480 e. The first-order valence-electron chi connectivity index (χ1n) is 9.60. The lowest BCUT2D eigenvalue weighted by molar-refractivity contribution is -0.140. The van der Waals surface area contributed by atoms with Crippen molar-refractivity contribution < 1.29 is 14.6 Å². The number of hydrogen-bond donors (Lipinski definition) is 1. The molecule has 1 aromatic carbocycles. The second-order valence-corrected chi connectivity index (χ2v) is 7.95. The summed E-state index contributed by atoms with van der Waals surface area (Å²) < 4.78 is 7.77. The van der Waals surface area contributed by atoms with Crippen LogP contribution >= 0.6 is 0 Å². The summed E-state index contributed by atoms with van der Waals surface area (Å²) in [6.07, 6.45) is 4.68. The van der Waals surface area contributed by atoms with Crippen LogP contribution in [0.4, 0.5) is 0 Å². The van der Waals surface area contributed by atoms with Gasteiger partial charge in [0.2, 0.25) is 0 Å². The highest BCUT2D eigenvalue weighted by molar-refractivity contribution is 5.81. The van der Waals surface area contributed by atoms with Crippen LogP contribution in [-0.2, 0) is 16.8 Å². The Morgan fingerprint density at radius 1 is 1.22 bits per heavy atom. The van der Waals surface area contributed by atoms with Crippen LogP contribution in [0.2, 0.25) is 0 Å². The Balaban J connectivity index is 1.35. The first-order chi connectivity index (χ1) is 12.9. The Labute approximate surface area is 158 Å². The van der Waals surface area contributed by atoms with E-state index in [2.05, 4.69) is 16.4 Å². The van der Waals surface area contributed by atoms with Crippen molar-refractivity contribution in [2.45, 2.75) is 57.3 Å². The predicted octanol–water partition coefficient (Wildman–Crippen LogP) is 2.06. The maximum atomic E-state index is 12.9. The van der Waals surface area contributed by atoms with E-state index >= 15 is 0 Å². The summed E-state index contributed by atoms with van der Waals surface area (Å²) in [7, 11) is 0. The molecule has 2 aromatic rings. The number of aliphatic hydroxyl groups is 1. The molecular formula is C20H26N4O3. The third kappa shape index (κ3) is 3.69. The van der Waals surface area contributed by atoms with Gasteiger partial charge in [0.1, 0.15) is 17.0 Å². The van der Waals surface area contributed by atoms with E-state index in [0.717, 1.165) is 31.4 Å². The molecule has 27 heavy (non-hydrogen) atoms. The smallest absolute Gasteiger partial charge is 0.263 e. The van der Waals surface area contributed by atoms with Gasteiger partial charge in [0.25, 0.3) is 5.91 Å². The number of amides is 1. The van der Waals surface area contributed by atoms with Crippen LogP contribution in [0.1, 0.15) is 50.4 Å². The maximum Gasteiger partial charge on any atom is 0.263 e. The van der Waals surface area contributed by atoms with E-state index in [9.17, 15) is 9.90 Å². The van der Waals surface area contributed by atoms with E-state index in [0.29, 0.717) is 18.8 Å². The van der Waals surface area contributed by atoms with Crippen LogP contribution in [0.3, 0.4) is 0 Å². The normalized spacial score (nSPS) is 20.9. The average molecular weight is 370 g/mol. The molecule has 0 radical (unpaired) electrons. The molecule has 1 fully saturated rings. The number of aromatic nitrogens is 3. The van der Waals surface area contributed by atoms with Crippen molar-refractivity contribution in [3.8, 4) is 5.75 Å². The van der Waals surface area contributed by atoms with Gasteiger partial charge in [-0.15, -0.1) is 5.10 Å². The number of ether oxygens (including phenoxy) is 1. The third-order valence-corrected chi connectivity index (χ3v) is 5.48. The summed E-state index contributed by atoms with van der Waals surface area (Å²) in [5, 5.41) is 18.3. The zero-order valence-electron chi connectivity index (χ0n) is 15.8. The molecule has 0 bridgehead atoms. The van der Waals surface area contributed by atoms with Gasteiger partial charge in [-0.25, -0.2) is 4.68 Å². The number of likely N-dealkylation sites (tertiary alicyclic amines) is 1. The van der Waals surface area contributed by atoms with Crippen molar-refractivity contribution in [1.82, 2.24) is 19.9 Å². The Kier molecular flexibility index (Phi) is 4.63. The number of aryl methyl sites for hydroxylation is 1. The second-order valence-electron chi connectivity index (χ2n) is 7.95. The van der Waals surface area contributed by atoms with Gasteiger partial charge in [0.05, 0.1) is 12.2 Å². The monoisotopic (exact) mass is 370 g/mol. The SMILES string of the molecule is CC(C)(O)c1cn(C2CCN(C(=O)C3CCc4ccccc4O3)CC2)nn1. The Bertz CT molecular complexity index is 819. The summed E-state index contributed by atoms with van der Waals surface area (Å²) in [5.41, 5.74) is 0.744. The van der Waals surface area contributed by atoms with Crippen LogP contribution in [0.25, 0.3) is 0 Å². The molecule has 1 N–H and O–H groups in total. The summed E-state index contributed by atoms with van der Waals surface area (Å²) in [6.45, 7) is 4.77. The molecule has 7 nitrogen and oxygen atoms in total. The number of para-hydroxylation sites is 1. The molecule has 1 unspecified atom stereocenters. The van der Waals surface area contributed by atoms with Crippen LogP contribution in [-0.4, -0.2) is 50.1 Å². The zero-order valence-corrected chi connectivity index (χ0v) is 15.8. The Morgan fingerprint density at radius 3 is 2.67 bits per heavy atom. The molecule has 1 saturated heterocycles. The van der Waals surface area contributed by atoms with E-state index in [-0.39, 0.29) is 18.1 Å². The Morgan fingerprint density at radius 2 is 1.96 bits per heavy atom. The van der Waals surface area contributed by atoms with Crippen LogP contribution in [0.15, 0.2) is 30.5 Å². The summed E-state index contributed by atoms with van der Waals surface area (Å²) in [6, 6.07) is 8.14. The van der Waals surface area contributed by atoms with Crippen LogP contribution in [0.5, 0.6) is 5.75 Å². The van der Waals surface area contributed by atoms with Crippen molar-refractivity contribution in [1.29, 1.82) is 0 Å². The van der Waals surface area contributed by atoms with E-state index in [1.54, 1.807) is 13.8 Å². The number of piperidine rings is 1. The van der Waals surface area contributed by atoms with Crippen molar-refractivity contribution in [2.24, 2.45) is 0 Å². The zero-order chi connectivity index (χ0) is 19.0. The fourth-order valence-electron chi connectivity index (χ4n) is 3.79. The van der Waals surface area contributed by atoms with Gasteiger partial charge in [0, 0.05) is 13.1 Å². The summed E-state index contributed by atoms with van der Waals surface area (Å²) >= 11 is 0. The first kappa shape index (κ1) is 18.0. The van der Waals surface area contributed by atoms with Gasteiger partial charge in [-0.1, -0.05) is 23.4 Å². The fourth-order valence-corrected chi connectivity index (χ4v) is 3.79. The fraction of sp³-hybridized carbons (Fsp3) is 0.550. The summed E-state index contributed by atoms with van der Waals surface area (Å²) in [5.74, 6) is 0.914. The third-order valence-electron chi connectivity index (χ3n) is 5.48. The van der Waals surface area contributed by atoms with Gasteiger partial charge in [-0.05, 0) is 51.2 Å². The van der Waals surface area contributed by atoms with E-state index < -0.39 is 5.60 Å². The van der Waals surface area contributed by atoms with Crippen LogP contribution < -0.4 is 4.74 Å². The highest BCUT2D eigenvalue weighted by atomic mass is 16.5. The number of benzene rings is 1. The molecule has 0 spiro atoms. The standard InChI is InChI=1S/C20H26N4O3/c1-20(2,26)18-13-24(22-21-18)15-9-11-23(12-10-15)19(25)17-8-7-14-5-3-4-6-16(14)27-17/h3-6,13,15,17,26H,7-12H2,1-2H3. The van der Waals surface area contributed by atoms with Crippen molar-refractivity contribution in [2.75, 3.05) is 13.1 Å². The molecule has 3 heterocycles. The predicted molar refractivity (Wildman–Crippen MR) is 99.3 cm³/mol. The van der Waals surface area contributed by atoms with Crippen LogP contribution in [0, 0.1) is 0 Å². The average Bonchev–Trinajstić information content (AvgIpc) is 3.18. The number of hydrogen-bond acceptors (Lipinski definition) is 5. The summed E-state index contributed by atoms with van der Waals surface area (Å²) in [4.78, 5) is 14.8. The molecule has 2 aliphatic rings. The van der Waals surface area contributed by atoms with E-state index in [1.807, 2.05) is 34.0 Å². The molecule has 1 atom stereocenters. The largest absolute Gasteiger partial charge is 0.480 e. The number of rotatable bonds is 3. The quantitative estimate of drug-likeness (QED) is 0.895. The Hall–Kier alpha value is -2.41. The topological polar surface area (TPSA) is 80.5 Å². The highest BCUT2D eigenvalue weighted by Crippen LogP contribution is 2.29. The molecule has 0 saturated carbocycles. The first-order valence-corrected chi connectivity index (χ1v) is 9.60. The minimum atomic E-state index is -0.996. The van der Waals surface area contributed by atoms with E-state index in [1.165, 1.54) is 5.56 Å². The van der Waals surface area contributed by atoms with Crippen molar-refractivity contribution in [3.05, 3.63) is 41.7 Å². The molecule has 144 valence electrons. The number of nitrogens with zero attached hydrogens (tertiary/aromatic N) is 4. The number of fused-ring (bicyclic) bond motifs is 1. The lowest BCUT2D eigenvalue weighted by Gasteiger charge is -2.35.